The van der Waals surface area contributed by atoms with Crippen LogP contribution in [0.15, 0.2) is 23.4 Å². The van der Waals surface area contributed by atoms with Crippen molar-refractivity contribution >= 4 is 11.8 Å². The van der Waals surface area contributed by atoms with Gasteiger partial charge >= 0.3 is 0 Å². The monoisotopic (exact) mass is 303 g/mol. The zero-order chi connectivity index (χ0) is 15.2. The summed E-state index contributed by atoms with van der Waals surface area (Å²) in [6, 6.07) is 7.73. The van der Waals surface area contributed by atoms with Gasteiger partial charge in [0.25, 0.3) is 0 Å². The van der Waals surface area contributed by atoms with E-state index < -0.39 is 0 Å². The zero-order valence-corrected chi connectivity index (χ0v) is 12.9. The fourth-order valence-corrected chi connectivity index (χ4v) is 2.89. The van der Waals surface area contributed by atoms with Gasteiger partial charge in [-0.05, 0) is 24.6 Å². The number of nitrogens with zero attached hydrogens (tertiary/aromatic N) is 4. The van der Waals surface area contributed by atoms with E-state index in [0.29, 0.717) is 30.2 Å². The van der Waals surface area contributed by atoms with Crippen LogP contribution in [0.1, 0.15) is 17.0 Å². The highest BCUT2D eigenvalue weighted by Gasteiger charge is 2.10. The van der Waals surface area contributed by atoms with Gasteiger partial charge in [0.15, 0.2) is 5.16 Å². The minimum absolute atomic E-state index is 0.537. The van der Waals surface area contributed by atoms with Gasteiger partial charge in [-0.25, -0.2) is 0 Å². The molecule has 1 aromatic carbocycles. The standard InChI is InChI=1S/C14H17N5OS/c1-10-17-18-14(19(10)6-5-15)21-9-11-3-4-13(20-2)12(7-11)8-16/h3-4,7H,5-6,9,15H2,1-2H3. The number of aromatic nitrogens is 3. The van der Waals surface area contributed by atoms with E-state index in [9.17, 15) is 0 Å². The number of rotatable bonds is 6. The van der Waals surface area contributed by atoms with Crippen molar-refractivity contribution in [1.82, 2.24) is 14.8 Å². The number of aryl methyl sites for hydroxylation is 1. The van der Waals surface area contributed by atoms with E-state index in [-0.39, 0.29) is 0 Å². The zero-order valence-electron chi connectivity index (χ0n) is 12.0. The molecule has 0 aliphatic rings. The minimum Gasteiger partial charge on any atom is -0.495 e. The first-order chi connectivity index (χ1) is 10.2. The SMILES string of the molecule is COc1ccc(CSc2nnc(C)n2CCN)cc1C#N. The third kappa shape index (κ3) is 3.54. The van der Waals surface area contributed by atoms with E-state index in [0.717, 1.165) is 16.5 Å². The van der Waals surface area contributed by atoms with Crippen molar-refractivity contribution in [2.24, 2.45) is 5.73 Å². The van der Waals surface area contributed by atoms with Crippen LogP contribution in [0, 0.1) is 18.3 Å². The van der Waals surface area contributed by atoms with Gasteiger partial charge in [-0.3, -0.25) is 0 Å². The number of hydrogen-bond acceptors (Lipinski definition) is 6. The molecule has 7 heteroatoms. The Hall–Kier alpha value is -2.04. The van der Waals surface area contributed by atoms with Crippen molar-refractivity contribution in [2.45, 2.75) is 24.4 Å². The highest BCUT2D eigenvalue weighted by Crippen LogP contribution is 2.25. The van der Waals surface area contributed by atoms with Gasteiger partial charge in [-0.2, -0.15) is 5.26 Å². The van der Waals surface area contributed by atoms with Crippen molar-refractivity contribution in [3.8, 4) is 11.8 Å². The Kier molecular flexibility index (Phi) is 5.20. The van der Waals surface area contributed by atoms with Crippen LogP contribution in [-0.4, -0.2) is 28.4 Å². The molecule has 0 spiro atoms. The lowest BCUT2D eigenvalue weighted by Crippen LogP contribution is -2.12. The molecule has 0 radical (unpaired) electrons. The van der Waals surface area contributed by atoms with Crippen LogP contribution in [0.3, 0.4) is 0 Å². The first kappa shape index (κ1) is 15.4. The number of nitriles is 1. The summed E-state index contributed by atoms with van der Waals surface area (Å²) >= 11 is 1.58. The molecule has 2 rings (SSSR count). The van der Waals surface area contributed by atoms with Crippen LogP contribution in [0.2, 0.25) is 0 Å². The summed E-state index contributed by atoms with van der Waals surface area (Å²) in [5.41, 5.74) is 7.18. The fraction of sp³-hybridized carbons (Fsp3) is 0.357. The Morgan fingerprint density at radius 1 is 1.43 bits per heavy atom. The van der Waals surface area contributed by atoms with Crippen LogP contribution in [0.5, 0.6) is 5.75 Å². The van der Waals surface area contributed by atoms with Gasteiger partial charge in [-0.15, -0.1) is 10.2 Å². The summed E-state index contributed by atoms with van der Waals surface area (Å²) in [5.74, 6) is 2.16. The lowest BCUT2D eigenvalue weighted by Gasteiger charge is -2.07. The van der Waals surface area contributed by atoms with Gasteiger partial charge in [0.1, 0.15) is 17.6 Å². The summed E-state index contributed by atoms with van der Waals surface area (Å²) in [6.45, 7) is 3.16. The third-order valence-electron chi connectivity index (χ3n) is 3.01. The third-order valence-corrected chi connectivity index (χ3v) is 4.04. The van der Waals surface area contributed by atoms with Crippen molar-refractivity contribution in [2.75, 3.05) is 13.7 Å². The number of nitrogens with two attached hydrogens (primary N) is 1. The Bertz CT molecular complexity index is 662. The molecule has 0 saturated heterocycles. The lowest BCUT2D eigenvalue weighted by molar-refractivity contribution is 0.413. The average Bonchev–Trinajstić information content (AvgIpc) is 2.86. The van der Waals surface area contributed by atoms with E-state index in [1.807, 2.05) is 29.7 Å². The number of ether oxygens (including phenoxy) is 1. The molecule has 0 amide bonds. The number of benzene rings is 1. The van der Waals surface area contributed by atoms with Gasteiger partial charge in [0, 0.05) is 18.8 Å². The normalized spacial score (nSPS) is 10.4. The van der Waals surface area contributed by atoms with Gasteiger partial charge in [-0.1, -0.05) is 17.8 Å². The summed E-state index contributed by atoms with van der Waals surface area (Å²) in [5, 5.41) is 18.2. The molecule has 21 heavy (non-hydrogen) atoms. The molecule has 6 nitrogen and oxygen atoms in total. The van der Waals surface area contributed by atoms with Crippen LogP contribution in [0.25, 0.3) is 0 Å². The molecule has 1 aromatic heterocycles. The average molecular weight is 303 g/mol. The molecule has 0 fully saturated rings. The Balaban J connectivity index is 2.12. The second-order valence-corrected chi connectivity index (χ2v) is 5.35. The largest absolute Gasteiger partial charge is 0.495 e. The summed E-state index contributed by atoms with van der Waals surface area (Å²) in [4.78, 5) is 0. The van der Waals surface area contributed by atoms with Crippen molar-refractivity contribution in [3.05, 3.63) is 35.2 Å². The first-order valence-corrected chi connectivity index (χ1v) is 7.47. The van der Waals surface area contributed by atoms with E-state index in [2.05, 4.69) is 16.3 Å². The fourth-order valence-electron chi connectivity index (χ4n) is 1.94. The summed E-state index contributed by atoms with van der Waals surface area (Å²) in [7, 11) is 1.56. The van der Waals surface area contributed by atoms with E-state index in [4.69, 9.17) is 15.7 Å². The Morgan fingerprint density at radius 3 is 2.90 bits per heavy atom. The molecule has 0 saturated carbocycles. The minimum atomic E-state index is 0.537. The molecule has 110 valence electrons. The lowest BCUT2D eigenvalue weighted by atomic mass is 10.1. The molecular formula is C14H17N5OS. The molecule has 2 aromatic rings. The molecule has 0 unspecified atom stereocenters. The van der Waals surface area contributed by atoms with Crippen molar-refractivity contribution in [1.29, 1.82) is 5.26 Å². The topological polar surface area (TPSA) is 89.8 Å². The molecular weight excluding hydrogens is 286 g/mol. The van der Waals surface area contributed by atoms with Gasteiger partial charge in [0.2, 0.25) is 0 Å². The Labute approximate surface area is 127 Å². The van der Waals surface area contributed by atoms with E-state index in [1.165, 1.54) is 0 Å². The molecule has 0 aliphatic carbocycles. The van der Waals surface area contributed by atoms with E-state index >= 15 is 0 Å². The smallest absolute Gasteiger partial charge is 0.191 e. The second kappa shape index (κ2) is 7.11. The van der Waals surface area contributed by atoms with Crippen LogP contribution >= 0.6 is 11.8 Å². The van der Waals surface area contributed by atoms with Gasteiger partial charge in [0.05, 0.1) is 12.7 Å². The molecule has 0 aliphatic heterocycles. The number of hydrogen-bond donors (Lipinski definition) is 1. The quantitative estimate of drug-likeness (QED) is 0.817. The molecule has 1 heterocycles. The van der Waals surface area contributed by atoms with Crippen LogP contribution in [-0.2, 0) is 12.3 Å². The van der Waals surface area contributed by atoms with Crippen molar-refractivity contribution in [3.63, 3.8) is 0 Å². The highest BCUT2D eigenvalue weighted by molar-refractivity contribution is 7.98. The van der Waals surface area contributed by atoms with Crippen LogP contribution in [0.4, 0.5) is 0 Å². The molecule has 2 N–H and O–H groups in total. The Morgan fingerprint density at radius 2 is 2.24 bits per heavy atom. The maximum Gasteiger partial charge on any atom is 0.191 e. The van der Waals surface area contributed by atoms with Crippen molar-refractivity contribution < 1.29 is 4.74 Å². The maximum atomic E-state index is 9.10. The summed E-state index contributed by atoms with van der Waals surface area (Å²) < 4.78 is 7.14. The van der Waals surface area contributed by atoms with E-state index in [1.54, 1.807) is 18.9 Å². The molecule has 0 atom stereocenters. The van der Waals surface area contributed by atoms with Crippen LogP contribution < -0.4 is 10.5 Å². The highest BCUT2D eigenvalue weighted by atomic mass is 32.2. The molecule has 0 bridgehead atoms. The maximum absolute atomic E-state index is 9.10. The predicted molar refractivity (Wildman–Crippen MR) is 81.1 cm³/mol. The number of methoxy groups -OCH3 is 1. The second-order valence-electron chi connectivity index (χ2n) is 4.41. The predicted octanol–water partition coefficient (Wildman–Crippen LogP) is 1.72. The summed E-state index contributed by atoms with van der Waals surface area (Å²) in [6.07, 6.45) is 0. The first-order valence-electron chi connectivity index (χ1n) is 6.49. The van der Waals surface area contributed by atoms with Gasteiger partial charge < -0.3 is 15.0 Å². The number of thioether (sulfide) groups is 1.